The van der Waals surface area contributed by atoms with Gasteiger partial charge in [0.25, 0.3) is 5.91 Å². The molecule has 9 nitrogen and oxygen atoms in total. The van der Waals surface area contributed by atoms with Gasteiger partial charge in [0, 0.05) is 51.0 Å². The fourth-order valence-corrected chi connectivity index (χ4v) is 4.94. The Labute approximate surface area is 232 Å². The minimum atomic E-state index is -0.355. The topological polar surface area (TPSA) is 116 Å². The van der Waals surface area contributed by atoms with Crippen LogP contribution in [-0.2, 0) is 13.0 Å². The largest absolute Gasteiger partial charge is 0.325 e. The highest BCUT2D eigenvalue weighted by Crippen LogP contribution is 2.22. The van der Waals surface area contributed by atoms with Crippen molar-refractivity contribution in [1.29, 1.82) is 10.8 Å². The second-order valence-corrected chi connectivity index (χ2v) is 9.93. The minimum absolute atomic E-state index is 0.0836. The molecule has 0 aliphatic carbocycles. The molecule has 9 heteroatoms. The Morgan fingerprint density at radius 3 is 2.44 bits per heavy atom. The number of pyridine rings is 1. The van der Waals surface area contributed by atoms with E-state index >= 15 is 0 Å². The van der Waals surface area contributed by atoms with Gasteiger partial charge >= 0.3 is 6.03 Å². The molecule has 4 rings (SSSR count). The smallest absolute Gasteiger partial charge is 0.320 e. The van der Waals surface area contributed by atoms with E-state index in [0.717, 1.165) is 61.9 Å². The van der Waals surface area contributed by atoms with Crippen molar-refractivity contribution in [3.05, 3.63) is 65.2 Å². The maximum absolute atomic E-state index is 12.9. The zero-order valence-electron chi connectivity index (χ0n) is 23.7. The van der Waals surface area contributed by atoms with Crippen molar-refractivity contribution in [3.8, 4) is 0 Å². The quantitative estimate of drug-likeness (QED) is 0.272. The molecule has 3 aliphatic heterocycles. The molecule has 0 bridgehead atoms. The van der Waals surface area contributed by atoms with E-state index in [-0.39, 0.29) is 17.6 Å². The Balaban J connectivity index is 0.00000205. The van der Waals surface area contributed by atoms with Gasteiger partial charge < -0.3 is 20.0 Å². The highest BCUT2D eigenvalue weighted by Gasteiger charge is 2.27. The molecule has 0 atom stereocenters. The first-order chi connectivity index (χ1) is 18.8. The van der Waals surface area contributed by atoms with E-state index in [2.05, 4.69) is 16.9 Å². The summed E-state index contributed by atoms with van der Waals surface area (Å²) in [4.78, 5) is 35.6. The first kappa shape index (κ1) is 29.8. The van der Waals surface area contributed by atoms with Gasteiger partial charge in [-0.3, -0.25) is 20.6 Å². The number of hydrogen-bond acceptors (Lipinski definition) is 5. The summed E-state index contributed by atoms with van der Waals surface area (Å²) in [5.41, 5.74) is 3.47. The summed E-state index contributed by atoms with van der Waals surface area (Å²) >= 11 is 0. The Morgan fingerprint density at radius 1 is 1.00 bits per heavy atom. The van der Waals surface area contributed by atoms with Crippen molar-refractivity contribution in [2.24, 2.45) is 0 Å². The van der Waals surface area contributed by atoms with Crippen LogP contribution < -0.4 is 5.32 Å². The fraction of sp³-hybridized carbons (Fsp3) is 0.500. The summed E-state index contributed by atoms with van der Waals surface area (Å²) in [6.07, 6.45) is 13.7. The summed E-state index contributed by atoms with van der Waals surface area (Å²) < 4.78 is 0. The van der Waals surface area contributed by atoms with Crippen LogP contribution in [0.1, 0.15) is 80.9 Å². The second kappa shape index (κ2) is 14.4. The molecule has 1 aromatic heterocycles. The molecular weight excluding hydrogens is 490 g/mol. The third kappa shape index (κ3) is 7.88. The SMILES string of the molecule is C=C(/C=C\C=C(/C)C(=N)N1CCCCC1=N)NC(=O)c1cc2c(cn1)CCN(C(=O)N1CCCCC1)C2.CC. The summed E-state index contributed by atoms with van der Waals surface area (Å²) in [7, 11) is 0. The molecule has 3 aliphatic rings. The number of carbonyl (C=O) groups excluding carboxylic acids is 2. The number of amidine groups is 2. The van der Waals surface area contributed by atoms with E-state index in [1.807, 2.05) is 30.6 Å². The lowest BCUT2D eigenvalue weighted by molar-refractivity contribution is 0.0962. The molecule has 0 aromatic carbocycles. The van der Waals surface area contributed by atoms with Gasteiger partial charge in [0.1, 0.15) is 17.4 Å². The molecule has 3 amide bonds. The summed E-state index contributed by atoms with van der Waals surface area (Å²) in [5, 5.41) is 19.2. The molecule has 0 spiro atoms. The van der Waals surface area contributed by atoms with Gasteiger partial charge in [0.05, 0.1) is 0 Å². The Bertz CT molecular complexity index is 1150. The second-order valence-electron chi connectivity index (χ2n) is 9.93. The van der Waals surface area contributed by atoms with Crippen molar-refractivity contribution in [2.75, 3.05) is 26.2 Å². The zero-order chi connectivity index (χ0) is 28.4. The van der Waals surface area contributed by atoms with Crippen LogP contribution in [0.3, 0.4) is 0 Å². The van der Waals surface area contributed by atoms with Crippen LogP contribution in [0.15, 0.2) is 48.3 Å². The van der Waals surface area contributed by atoms with E-state index < -0.39 is 0 Å². The number of likely N-dealkylation sites (tertiary alicyclic amines) is 2. The lowest BCUT2D eigenvalue weighted by Gasteiger charge is -2.35. The number of carbonyl (C=O) groups is 2. The average Bonchev–Trinajstić information content (AvgIpc) is 2.97. The molecular formula is C30H43N7O2. The van der Waals surface area contributed by atoms with Crippen molar-refractivity contribution < 1.29 is 9.59 Å². The standard InChI is InChI=1S/C28H37N7O2.C2H6/c1-20(26(30)35-15-7-4-11-25(35)29)9-8-10-21(2)32-27(36)24-17-23-19-34(16-12-22(23)18-31-24)28(37)33-13-5-3-6-14-33;1-2/h8-10,17-18,29-30H,2-7,11-16,19H2,1H3,(H,32,36);1-2H3/b10-8-,20-9+,29-25?,30-26?;. The Hall–Kier alpha value is -3.75. The number of amides is 3. The number of nitrogens with one attached hydrogen (secondary N) is 3. The van der Waals surface area contributed by atoms with Crippen molar-refractivity contribution in [1.82, 2.24) is 25.0 Å². The molecule has 0 radical (unpaired) electrons. The number of fused-ring (bicyclic) bond motifs is 1. The van der Waals surface area contributed by atoms with E-state index in [0.29, 0.717) is 43.4 Å². The van der Waals surface area contributed by atoms with Crippen LogP contribution in [0.25, 0.3) is 0 Å². The summed E-state index contributed by atoms with van der Waals surface area (Å²) in [5.74, 6) is 0.461. The molecule has 2 saturated heterocycles. The van der Waals surface area contributed by atoms with Crippen molar-refractivity contribution in [2.45, 2.75) is 72.3 Å². The molecule has 0 unspecified atom stereocenters. The number of allylic oxidation sites excluding steroid dienone is 3. The van der Waals surface area contributed by atoms with Crippen molar-refractivity contribution >= 4 is 23.6 Å². The molecule has 210 valence electrons. The Morgan fingerprint density at radius 2 is 1.72 bits per heavy atom. The third-order valence-electron chi connectivity index (χ3n) is 7.16. The predicted molar refractivity (Wildman–Crippen MR) is 156 cm³/mol. The molecule has 39 heavy (non-hydrogen) atoms. The maximum Gasteiger partial charge on any atom is 0.320 e. The lowest BCUT2D eigenvalue weighted by atomic mass is 10.0. The number of urea groups is 1. The predicted octanol–water partition coefficient (Wildman–Crippen LogP) is 5.26. The monoisotopic (exact) mass is 533 g/mol. The number of rotatable bonds is 5. The average molecular weight is 534 g/mol. The van der Waals surface area contributed by atoms with Gasteiger partial charge in [-0.15, -0.1) is 0 Å². The van der Waals surface area contributed by atoms with Crippen LogP contribution in [0.5, 0.6) is 0 Å². The highest BCUT2D eigenvalue weighted by molar-refractivity contribution is 6.06. The van der Waals surface area contributed by atoms with Crippen LogP contribution in [0, 0.1) is 10.8 Å². The van der Waals surface area contributed by atoms with Crippen LogP contribution in [0.2, 0.25) is 0 Å². The first-order valence-corrected chi connectivity index (χ1v) is 14.1. The number of piperidine rings is 2. The van der Waals surface area contributed by atoms with E-state index in [9.17, 15) is 9.59 Å². The van der Waals surface area contributed by atoms with Crippen LogP contribution >= 0.6 is 0 Å². The van der Waals surface area contributed by atoms with E-state index in [1.54, 1.807) is 35.4 Å². The number of nitrogens with zero attached hydrogens (tertiary/aromatic N) is 4. The van der Waals surface area contributed by atoms with Crippen LogP contribution in [-0.4, -0.2) is 69.5 Å². The molecule has 0 saturated carbocycles. The third-order valence-corrected chi connectivity index (χ3v) is 7.16. The fourth-order valence-electron chi connectivity index (χ4n) is 4.94. The maximum atomic E-state index is 12.9. The summed E-state index contributed by atoms with van der Waals surface area (Å²) in [6, 6.07) is 1.86. The van der Waals surface area contributed by atoms with Gasteiger partial charge in [-0.25, -0.2) is 4.79 Å². The van der Waals surface area contributed by atoms with Crippen LogP contribution in [0.4, 0.5) is 4.79 Å². The number of hydrogen-bond donors (Lipinski definition) is 3. The van der Waals surface area contributed by atoms with E-state index in [1.165, 1.54) is 6.42 Å². The van der Waals surface area contributed by atoms with Gasteiger partial charge in [-0.2, -0.15) is 0 Å². The van der Waals surface area contributed by atoms with Gasteiger partial charge in [0.2, 0.25) is 0 Å². The van der Waals surface area contributed by atoms with Crippen molar-refractivity contribution in [3.63, 3.8) is 0 Å². The molecule has 4 heterocycles. The molecule has 3 N–H and O–H groups in total. The summed E-state index contributed by atoms with van der Waals surface area (Å²) in [6.45, 7) is 13.2. The van der Waals surface area contributed by atoms with Gasteiger partial charge in [0.15, 0.2) is 0 Å². The number of aromatic nitrogens is 1. The van der Waals surface area contributed by atoms with Gasteiger partial charge in [-0.1, -0.05) is 32.6 Å². The lowest BCUT2D eigenvalue weighted by Crippen LogP contribution is -2.47. The first-order valence-electron chi connectivity index (χ1n) is 14.1. The Kier molecular flexibility index (Phi) is 11.0. The zero-order valence-corrected chi connectivity index (χ0v) is 23.7. The van der Waals surface area contributed by atoms with Gasteiger partial charge in [-0.05, 0) is 74.3 Å². The normalized spacial score (nSPS) is 17.8. The van der Waals surface area contributed by atoms with E-state index in [4.69, 9.17) is 10.8 Å². The molecule has 2 fully saturated rings. The minimum Gasteiger partial charge on any atom is -0.325 e. The molecule has 1 aromatic rings. The highest BCUT2D eigenvalue weighted by atomic mass is 16.2.